The Morgan fingerprint density at radius 1 is 1.22 bits per heavy atom. The summed E-state index contributed by atoms with van der Waals surface area (Å²) in [4.78, 5) is 25.6. The summed E-state index contributed by atoms with van der Waals surface area (Å²) in [5.41, 5.74) is 1.18. The molecule has 4 rings (SSSR count). The normalized spacial score (nSPS) is 20.2. The van der Waals surface area contributed by atoms with Crippen molar-refractivity contribution in [1.82, 2.24) is 24.3 Å². The zero-order valence-electron chi connectivity index (χ0n) is 16.1. The second-order valence-corrected chi connectivity index (χ2v) is 8.09. The zero-order chi connectivity index (χ0) is 18.6. The van der Waals surface area contributed by atoms with E-state index in [-0.39, 0.29) is 5.91 Å². The largest absolute Gasteiger partial charge is 0.341 e. The van der Waals surface area contributed by atoms with Crippen LogP contribution in [0.4, 0.5) is 0 Å². The van der Waals surface area contributed by atoms with Crippen LogP contribution in [0.25, 0.3) is 0 Å². The van der Waals surface area contributed by atoms with E-state index in [2.05, 4.69) is 25.6 Å². The first kappa shape index (κ1) is 18.2. The summed E-state index contributed by atoms with van der Waals surface area (Å²) in [5, 5.41) is 0. The van der Waals surface area contributed by atoms with Crippen LogP contribution in [0.1, 0.15) is 43.0 Å². The quantitative estimate of drug-likeness (QED) is 0.755. The minimum Gasteiger partial charge on any atom is -0.341 e. The van der Waals surface area contributed by atoms with Crippen LogP contribution in [0.3, 0.4) is 0 Å². The highest BCUT2D eigenvalue weighted by Crippen LogP contribution is 2.33. The highest BCUT2D eigenvalue weighted by atomic mass is 16.2. The Hall–Kier alpha value is -2.21. The van der Waals surface area contributed by atoms with E-state index in [0.29, 0.717) is 12.5 Å². The third-order valence-corrected chi connectivity index (χ3v) is 5.65. The molecule has 6 nitrogen and oxygen atoms in total. The second kappa shape index (κ2) is 8.21. The Morgan fingerprint density at radius 3 is 2.81 bits per heavy atom. The van der Waals surface area contributed by atoms with Crippen LogP contribution in [-0.2, 0) is 17.9 Å². The van der Waals surface area contributed by atoms with E-state index in [0.717, 1.165) is 44.9 Å². The highest BCUT2D eigenvalue weighted by molar-refractivity contribution is 5.78. The Labute approximate surface area is 161 Å². The van der Waals surface area contributed by atoms with E-state index in [1.165, 1.54) is 24.2 Å². The van der Waals surface area contributed by atoms with Gasteiger partial charge < -0.3 is 9.47 Å². The molecule has 1 aliphatic carbocycles. The number of rotatable bonds is 7. The maximum absolute atomic E-state index is 12.8. The molecule has 1 saturated carbocycles. The van der Waals surface area contributed by atoms with Crippen molar-refractivity contribution in [3.63, 3.8) is 0 Å². The molecule has 2 aliphatic rings. The van der Waals surface area contributed by atoms with Crippen molar-refractivity contribution in [2.24, 2.45) is 5.92 Å². The fourth-order valence-corrected chi connectivity index (χ4v) is 4.01. The van der Waals surface area contributed by atoms with Gasteiger partial charge in [0.2, 0.25) is 5.91 Å². The van der Waals surface area contributed by atoms with Gasteiger partial charge >= 0.3 is 0 Å². The van der Waals surface area contributed by atoms with Gasteiger partial charge in [-0.15, -0.1) is 0 Å². The van der Waals surface area contributed by atoms with E-state index in [1.807, 2.05) is 30.3 Å². The molecular weight excluding hydrogens is 338 g/mol. The molecule has 0 aromatic carbocycles. The lowest BCUT2D eigenvalue weighted by molar-refractivity contribution is -0.133. The van der Waals surface area contributed by atoms with E-state index in [9.17, 15) is 4.79 Å². The first-order chi connectivity index (χ1) is 13.2. The van der Waals surface area contributed by atoms with Gasteiger partial charge in [-0.25, -0.2) is 4.98 Å². The lowest BCUT2D eigenvalue weighted by Crippen LogP contribution is -2.44. The van der Waals surface area contributed by atoms with Gasteiger partial charge in [0.1, 0.15) is 5.82 Å². The summed E-state index contributed by atoms with van der Waals surface area (Å²) in [5.74, 6) is 2.59. The van der Waals surface area contributed by atoms with E-state index in [4.69, 9.17) is 0 Å². The average Bonchev–Trinajstić information content (AvgIpc) is 3.37. The van der Waals surface area contributed by atoms with Crippen molar-refractivity contribution in [1.29, 1.82) is 0 Å². The van der Waals surface area contributed by atoms with Crippen LogP contribution in [0.2, 0.25) is 0 Å². The molecule has 2 aromatic heterocycles. The molecule has 27 heavy (non-hydrogen) atoms. The SMILES string of the molecule is CN(CC(=O)N1CCC[C@H](c2nccn2CC2CC2)C1)Cc1ccncc1. The minimum absolute atomic E-state index is 0.219. The number of carbonyl (C=O) groups is 1. The van der Waals surface area contributed by atoms with E-state index in [1.54, 1.807) is 12.4 Å². The van der Waals surface area contributed by atoms with Gasteiger partial charge in [0, 0.05) is 56.9 Å². The summed E-state index contributed by atoms with van der Waals surface area (Å²) >= 11 is 0. The van der Waals surface area contributed by atoms with Crippen molar-refractivity contribution >= 4 is 5.91 Å². The number of aromatic nitrogens is 3. The smallest absolute Gasteiger partial charge is 0.236 e. The molecule has 0 unspecified atom stereocenters. The number of likely N-dealkylation sites (N-methyl/N-ethyl adjacent to an activating group) is 1. The van der Waals surface area contributed by atoms with Gasteiger partial charge in [-0.2, -0.15) is 0 Å². The topological polar surface area (TPSA) is 54.3 Å². The van der Waals surface area contributed by atoms with Crippen molar-refractivity contribution in [2.75, 3.05) is 26.7 Å². The van der Waals surface area contributed by atoms with Gasteiger partial charge in [0.05, 0.1) is 6.54 Å². The van der Waals surface area contributed by atoms with Crippen LogP contribution in [0.15, 0.2) is 36.9 Å². The van der Waals surface area contributed by atoms with Gasteiger partial charge in [-0.05, 0) is 56.3 Å². The summed E-state index contributed by atoms with van der Waals surface area (Å²) < 4.78 is 2.33. The molecular formula is C21H29N5O. The Bertz CT molecular complexity index is 755. The first-order valence-corrected chi connectivity index (χ1v) is 10.1. The van der Waals surface area contributed by atoms with Gasteiger partial charge in [0.15, 0.2) is 0 Å². The third kappa shape index (κ3) is 4.75. The molecule has 0 N–H and O–H groups in total. The zero-order valence-corrected chi connectivity index (χ0v) is 16.1. The Kier molecular flexibility index (Phi) is 5.53. The maximum atomic E-state index is 12.8. The minimum atomic E-state index is 0.219. The Morgan fingerprint density at radius 2 is 2.04 bits per heavy atom. The number of imidazole rings is 1. The molecule has 0 bridgehead atoms. The molecule has 1 aliphatic heterocycles. The molecule has 3 heterocycles. The molecule has 144 valence electrons. The number of nitrogens with zero attached hydrogens (tertiary/aromatic N) is 5. The number of likely N-dealkylation sites (tertiary alicyclic amines) is 1. The van der Waals surface area contributed by atoms with Crippen LogP contribution < -0.4 is 0 Å². The summed E-state index contributed by atoms with van der Waals surface area (Å²) in [6.45, 7) is 3.96. The molecule has 6 heteroatoms. The summed E-state index contributed by atoms with van der Waals surface area (Å²) in [7, 11) is 2.00. The van der Waals surface area contributed by atoms with Crippen molar-refractivity contribution < 1.29 is 4.79 Å². The first-order valence-electron chi connectivity index (χ1n) is 10.1. The summed E-state index contributed by atoms with van der Waals surface area (Å²) in [6.07, 6.45) is 12.5. The molecule has 1 amide bonds. The molecule has 0 spiro atoms. The molecule has 1 atom stereocenters. The van der Waals surface area contributed by atoms with Crippen molar-refractivity contribution in [3.05, 3.63) is 48.3 Å². The average molecular weight is 367 g/mol. The van der Waals surface area contributed by atoms with Crippen molar-refractivity contribution in [2.45, 2.75) is 44.7 Å². The number of amides is 1. The van der Waals surface area contributed by atoms with E-state index < -0.39 is 0 Å². The lowest BCUT2D eigenvalue weighted by atomic mass is 9.97. The lowest BCUT2D eigenvalue weighted by Gasteiger charge is -2.33. The standard InChI is InChI=1S/C21H29N5O/c1-24(13-18-6-8-22-9-7-18)16-20(27)25-11-2-3-19(15-25)21-23-10-12-26(21)14-17-4-5-17/h6-10,12,17,19H,2-5,11,13-16H2,1H3/t19-/m0/s1. The van der Waals surface area contributed by atoms with Crippen LogP contribution in [0.5, 0.6) is 0 Å². The number of hydrogen-bond acceptors (Lipinski definition) is 4. The molecule has 2 fully saturated rings. The predicted molar refractivity (Wildman–Crippen MR) is 104 cm³/mol. The van der Waals surface area contributed by atoms with Crippen LogP contribution in [-0.4, -0.2) is 56.9 Å². The number of hydrogen-bond donors (Lipinski definition) is 0. The number of piperidine rings is 1. The monoisotopic (exact) mass is 367 g/mol. The number of carbonyl (C=O) groups excluding carboxylic acids is 1. The third-order valence-electron chi connectivity index (χ3n) is 5.65. The Balaban J connectivity index is 1.33. The molecule has 1 saturated heterocycles. The van der Waals surface area contributed by atoms with E-state index >= 15 is 0 Å². The highest BCUT2D eigenvalue weighted by Gasteiger charge is 2.29. The predicted octanol–water partition coefficient (Wildman–Crippen LogP) is 2.53. The molecule has 2 aromatic rings. The van der Waals surface area contributed by atoms with Gasteiger partial charge in [-0.1, -0.05) is 0 Å². The fraction of sp³-hybridized carbons (Fsp3) is 0.571. The van der Waals surface area contributed by atoms with Crippen molar-refractivity contribution in [3.8, 4) is 0 Å². The van der Waals surface area contributed by atoms with Crippen LogP contribution >= 0.6 is 0 Å². The maximum Gasteiger partial charge on any atom is 0.236 e. The molecule has 0 radical (unpaired) electrons. The summed E-state index contributed by atoms with van der Waals surface area (Å²) in [6, 6.07) is 4.00. The second-order valence-electron chi connectivity index (χ2n) is 8.09. The van der Waals surface area contributed by atoms with Gasteiger partial charge in [0.25, 0.3) is 0 Å². The van der Waals surface area contributed by atoms with Gasteiger partial charge in [-0.3, -0.25) is 14.7 Å². The van der Waals surface area contributed by atoms with Crippen LogP contribution in [0, 0.1) is 5.92 Å². The number of pyridine rings is 1. The fourth-order valence-electron chi connectivity index (χ4n) is 4.01.